The van der Waals surface area contributed by atoms with Crippen molar-refractivity contribution in [3.05, 3.63) is 28.2 Å². The smallest absolute Gasteiger partial charge is 0.0945 e. The highest BCUT2D eigenvalue weighted by Crippen LogP contribution is 2.25. The summed E-state index contributed by atoms with van der Waals surface area (Å²) in [5.74, 6) is 0. The summed E-state index contributed by atoms with van der Waals surface area (Å²) in [7, 11) is 1.54. The van der Waals surface area contributed by atoms with Crippen LogP contribution in [-0.2, 0) is 4.74 Å². The molecule has 84 valence electrons. The summed E-state index contributed by atoms with van der Waals surface area (Å²) in [5, 5.41) is 13.5. The number of aliphatic hydroxyl groups excluding tert-OH is 1. The summed E-state index contributed by atoms with van der Waals surface area (Å²) in [4.78, 5) is 0. The fraction of sp³-hybridized carbons (Fsp3) is 0.400. The topological polar surface area (TPSA) is 41.5 Å². The Hall–Kier alpha value is -0.480. The molecule has 1 aromatic rings. The van der Waals surface area contributed by atoms with Crippen LogP contribution in [-0.4, -0.2) is 31.5 Å². The van der Waals surface area contributed by atoms with Crippen LogP contribution in [0.15, 0.2) is 18.2 Å². The number of halogens is 2. The Kier molecular flexibility index (Phi) is 5.19. The van der Waals surface area contributed by atoms with Crippen molar-refractivity contribution in [1.82, 2.24) is 0 Å². The maximum atomic E-state index is 9.40. The normalized spacial score (nSPS) is 12.5. The molecule has 0 bridgehead atoms. The van der Waals surface area contributed by atoms with Crippen LogP contribution in [0.5, 0.6) is 0 Å². The molecule has 2 N–H and O–H groups in total. The molecule has 1 rings (SSSR count). The Morgan fingerprint density at radius 2 is 2.20 bits per heavy atom. The van der Waals surface area contributed by atoms with E-state index < -0.39 is 6.10 Å². The number of aliphatic hydroxyl groups is 1. The van der Waals surface area contributed by atoms with Gasteiger partial charge in [-0.15, -0.1) is 0 Å². The van der Waals surface area contributed by atoms with Gasteiger partial charge in [0.1, 0.15) is 0 Å². The predicted molar refractivity (Wildman–Crippen MR) is 62.8 cm³/mol. The third-order valence-corrected chi connectivity index (χ3v) is 2.37. The van der Waals surface area contributed by atoms with Crippen LogP contribution in [0.25, 0.3) is 0 Å². The van der Waals surface area contributed by atoms with E-state index in [1.54, 1.807) is 25.3 Å². The molecule has 0 aromatic heterocycles. The lowest BCUT2D eigenvalue weighted by Crippen LogP contribution is -2.24. The van der Waals surface area contributed by atoms with E-state index in [2.05, 4.69) is 5.32 Å². The molecule has 1 atom stereocenters. The molecule has 0 fully saturated rings. The van der Waals surface area contributed by atoms with Gasteiger partial charge in [-0.25, -0.2) is 0 Å². The van der Waals surface area contributed by atoms with Crippen LogP contribution < -0.4 is 5.32 Å². The van der Waals surface area contributed by atoms with Gasteiger partial charge in [-0.1, -0.05) is 23.2 Å². The lowest BCUT2D eigenvalue weighted by molar-refractivity contribution is 0.0727. The van der Waals surface area contributed by atoms with E-state index in [-0.39, 0.29) is 6.61 Å². The first-order valence-electron chi connectivity index (χ1n) is 4.49. The highest BCUT2D eigenvalue weighted by molar-refractivity contribution is 6.36. The second-order valence-electron chi connectivity index (χ2n) is 3.11. The highest BCUT2D eigenvalue weighted by Gasteiger charge is 2.05. The Labute approximate surface area is 99.0 Å². The van der Waals surface area contributed by atoms with Gasteiger partial charge in [0.15, 0.2) is 0 Å². The first-order valence-corrected chi connectivity index (χ1v) is 5.25. The second kappa shape index (κ2) is 6.18. The Bertz CT molecular complexity index is 320. The zero-order chi connectivity index (χ0) is 11.3. The van der Waals surface area contributed by atoms with Gasteiger partial charge in [0.25, 0.3) is 0 Å². The molecule has 1 aromatic carbocycles. The minimum atomic E-state index is -0.554. The molecule has 1 unspecified atom stereocenters. The Balaban J connectivity index is 2.50. The van der Waals surface area contributed by atoms with Gasteiger partial charge in [0.2, 0.25) is 0 Å². The van der Waals surface area contributed by atoms with E-state index in [0.29, 0.717) is 16.6 Å². The molecule has 0 heterocycles. The van der Waals surface area contributed by atoms with Crippen LogP contribution in [0, 0.1) is 0 Å². The van der Waals surface area contributed by atoms with Crippen molar-refractivity contribution in [2.24, 2.45) is 0 Å². The van der Waals surface area contributed by atoms with Crippen molar-refractivity contribution >= 4 is 28.9 Å². The maximum absolute atomic E-state index is 9.40. The number of benzene rings is 1. The standard InChI is InChI=1S/C10H13Cl2NO2/c1-15-6-8(14)5-13-10-3-2-7(11)4-9(10)12/h2-4,8,13-14H,5-6H2,1H3. The largest absolute Gasteiger partial charge is 0.389 e. The third-order valence-electron chi connectivity index (χ3n) is 1.82. The molecule has 3 nitrogen and oxygen atoms in total. The van der Waals surface area contributed by atoms with E-state index in [4.69, 9.17) is 27.9 Å². The number of hydrogen-bond donors (Lipinski definition) is 2. The van der Waals surface area contributed by atoms with Crippen molar-refractivity contribution in [3.63, 3.8) is 0 Å². The van der Waals surface area contributed by atoms with Gasteiger partial charge >= 0.3 is 0 Å². The molecular formula is C10H13Cl2NO2. The summed E-state index contributed by atoms with van der Waals surface area (Å²) in [5.41, 5.74) is 0.746. The van der Waals surface area contributed by atoms with Gasteiger partial charge in [-0.3, -0.25) is 0 Å². The molecule has 0 saturated carbocycles. The fourth-order valence-electron chi connectivity index (χ4n) is 1.11. The van der Waals surface area contributed by atoms with Crippen LogP contribution in [0.3, 0.4) is 0 Å². The quantitative estimate of drug-likeness (QED) is 0.843. The number of rotatable bonds is 5. The minimum absolute atomic E-state index is 0.290. The molecule has 15 heavy (non-hydrogen) atoms. The van der Waals surface area contributed by atoms with Gasteiger partial charge in [0.05, 0.1) is 23.4 Å². The van der Waals surface area contributed by atoms with Crippen molar-refractivity contribution in [1.29, 1.82) is 0 Å². The van der Waals surface area contributed by atoms with Crippen molar-refractivity contribution in [3.8, 4) is 0 Å². The van der Waals surface area contributed by atoms with Crippen LogP contribution in [0.1, 0.15) is 0 Å². The van der Waals surface area contributed by atoms with Crippen LogP contribution >= 0.6 is 23.2 Å². The zero-order valence-corrected chi connectivity index (χ0v) is 9.85. The minimum Gasteiger partial charge on any atom is -0.389 e. The predicted octanol–water partition coefficient (Wildman–Crippen LogP) is 2.41. The lowest BCUT2D eigenvalue weighted by atomic mass is 10.3. The molecule has 5 heteroatoms. The molecular weight excluding hydrogens is 237 g/mol. The SMILES string of the molecule is COCC(O)CNc1ccc(Cl)cc1Cl. The van der Waals surface area contributed by atoms with E-state index in [1.165, 1.54) is 0 Å². The average Bonchev–Trinajstić information content (AvgIpc) is 2.17. The summed E-state index contributed by atoms with van der Waals surface area (Å²) in [6.07, 6.45) is -0.554. The van der Waals surface area contributed by atoms with E-state index in [1.807, 2.05) is 0 Å². The molecule has 0 aliphatic carbocycles. The summed E-state index contributed by atoms with van der Waals surface area (Å²) >= 11 is 11.7. The Morgan fingerprint density at radius 1 is 1.47 bits per heavy atom. The van der Waals surface area contributed by atoms with Crippen molar-refractivity contribution < 1.29 is 9.84 Å². The number of methoxy groups -OCH3 is 1. The van der Waals surface area contributed by atoms with E-state index in [9.17, 15) is 5.11 Å². The number of hydrogen-bond acceptors (Lipinski definition) is 3. The molecule has 0 amide bonds. The lowest BCUT2D eigenvalue weighted by Gasteiger charge is -2.12. The molecule has 0 radical (unpaired) electrons. The van der Waals surface area contributed by atoms with Gasteiger partial charge in [-0.2, -0.15) is 0 Å². The van der Waals surface area contributed by atoms with Gasteiger partial charge in [0, 0.05) is 18.7 Å². The van der Waals surface area contributed by atoms with Crippen LogP contribution in [0.2, 0.25) is 10.0 Å². The number of ether oxygens (including phenoxy) is 1. The monoisotopic (exact) mass is 249 g/mol. The maximum Gasteiger partial charge on any atom is 0.0945 e. The fourth-order valence-corrected chi connectivity index (χ4v) is 1.59. The average molecular weight is 250 g/mol. The molecule has 0 spiro atoms. The summed E-state index contributed by atoms with van der Waals surface area (Å²) in [6, 6.07) is 5.15. The highest BCUT2D eigenvalue weighted by atomic mass is 35.5. The first-order chi connectivity index (χ1) is 7.13. The molecule has 0 aliphatic heterocycles. The van der Waals surface area contributed by atoms with Crippen LogP contribution in [0.4, 0.5) is 5.69 Å². The second-order valence-corrected chi connectivity index (χ2v) is 3.96. The molecule has 0 aliphatic rings. The number of nitrogens with one attached hydrogen (secondary N) is 1. The molecule has 0 saturated heterocycles. The third kappa shape index (κ3) is 4.26. The first kappa shape index (κ1) is 12.6. The van der Waals surface area contributed by atoms with Gasteiger partial charge in [-0.05, 0) is 18.2 Å². The zero-order valence-electron chi connectivity index (χ0n) is 8.34. The van der Waals surface area contributed by atoms with Gasteiger partial charge < -0.3 is 15.2 Å². The Morgan fingerprint density at radius 3 is 2.80 bits per heavy atom. The van der Waals surface area contributed by atoms with E-state index in [0.717, 1.165) is 5.69 Å². The number of anilines is 1. The van der Waals surface area contributed by atoms with Crippen molar-refractivity contribution in [2.45, 2.75) is 6.10 Å². The van der Waals surface area contributed by atoms with E-state index >= 15 is 0 Å². The van der Waals surface area contributed by atoms with Crippen molar-refractivity contribution in [2.75, 3.05) is 25.6 Å². The summed E-state index contributed by atoms with van der Waals surface area (Å²) < 4.78 is 4.80. The summed E-state index contributed by atoms with van der Waals surface area (Å²) in [6.45, 7) is 0.674.